The van der Waals surface area contributed by atoms with Gasteiger partial charge in [-0.3, -0.25) is 4.79 Å². The monoisotopic (exact) mass is 361 g/mol. The molecule has 2 rings (SSSR count). The Labute approximate surface area is 131 Å². The average Bonchev–Trinajstić information content (AvgIpc) is 2.97. The summed E-state index contributed by atoms with van der Waals surface area (Å²) in [7, 11) is -4.36. The topological polar surface area (TPSA) is 105 Å². The molecule has 5 unspecified atom stereocenters. The van der Waals surface area contributed by atoms with E-state index in [4.69, 9.17) is 14.6 Å². The van der Waals surface area contributed by atoms with Crippen molar-refractivity contribution < 1.29 is 40.0 Å². The molecule has 7 nitrogen and oxygen atoms in total. The van der Waals surface area contributed by atoms with Gasteiger partial charge in [-0.15, -0.1) is 0 Å². The van der Waals surface area contributed by atoms with Crippen molar-refractivity contribution in [1.29, 1.82) is 0 Å². The fraction of sp³-hybridized carbons (Fsp3) is 0.917. The Morgan fingerprint density at radius 3 is 2.22 bits per heavy atom. The fourth-order valence-electron chi connectivity index (χ4n) is 2.72. The van der Waals surface area contributed by atoms with E-state index in [1.807, 2.05) is 0 Å². The molecule has 0 aromatic rings. The van der Waals surface area contributed by atoms with Gasteiger partial charge in [0.1, 0.15) is 6.10 Å². The fourth-order valence-corrected chi connectivity index (χ4v) is 3.27. The number of esters is 1. The molecule has 0 saturated carbocycles. The van der Waals surface area contributed by atoms with Crippen LogP contribution in [0.25, 0.3) is 0 Å². The van der Waals surface area contributed by atoms with Gasteiger partial charge in [0.25, 0.3) is 0 Å². The summed E-state index contributed by atoms with van der Waals surface area (Å²) in [4.78, 5) is 12.1. The van der Waals surface area contributed by atoms with E-state index in [9.17, 15) is 26.4 Å². The van der Waals surface area contributed by atoms with Crippen LogP contribution in [0.3, 0.4) is 0 Å². The van der Waals surface area contributed by atoms with Crippen LogP contribution in [0, 0.1) is 5.41 Å². The zero-order valence-electron chi connectivity index (χ0n) is 12.5. The molecule has 0 aromatic heterocycles. The standard InChI is InChI=1S/C12H18F3NO6S/c1-3-11(2,12(13,14)15)10(17)21-8-6-4-5-7(20-6)9(8)22-23(16,18)19/h6-9H,3-5H2,1-2H3,(H2,16,18,19). The summed E-state index contributed by atoms with van der Waals surface area (Å²) in [5.74, 6) is -1.49. The molecule has 0 amide bonds. The van der Waals surface area contributed by atoms with E-state index < -0.39 is 58.7 Å². The highest BCUT2D eigenvalue weighted by Gasteiger charge is 2.60. The molecule has 0 aromatic carbocycles. The van der Waals surface area contributed by atoms with Crippen LogP contribution in [-0.2, 0) is 28.8 Å². The molecule has 0 spiro atoms. The summed E-state index contributed by atoms with van der Waals surface area (Å²) >= 11 is 0. The number of hydrogen-bond acceptors (Lipinski definition) is 6. The van der Waals surface area contributed by atoms with Gasteiger partial charge in [0.15, 0.2) is 11.5 Å². The highest BCUT2D eigenvalue weighted by molar-refractivity contribution is 7.84. The average molecular weight is 361 g/mol. The summed E-state index contributed by atoms with van der Waals surface area (Å²) in [5.41, 5.74) is -2.69. The highest BCUT2D eigenvalue weighted by atomic mass is 32.2. The van der Waals surface area contributed by atoms with Crippen LogP contribution in [0.5, 0.6) is 0 Å². The Morgan fingerprint density at radius 1 is 1.26 bits per heavy atom. The van der Waals surface area contributed by atoms with Crippen molar-refractivity contribution >= 4 is 16.3 Å². The van der Waals surface area contributed by atoms with E-state index in [-0.39, 0.29) is 0 Å². The molecule has 2 N–H and O–H groups in total. The molecule has 0 aliphatic carbocycles. The number of halogens is 3. The Morgan fingerprint density at radius 2 is 1.78 bits per heavy atom. The summed E-state index contributed by atoms with van der Waals surface area (Å²) in [6.45, 7) is 1.95. The molecular weight excluding hydrogens is 343 g/mol. The maximum Gasteiger partial charge on any atom is 0.404 e. The molecule has 23 heavy (non-hydrogen) atoms. The molecule has 2 aliphatic rings. The van der Waals surface area contributed by atoms with Crippen molar-refractivity contribution in [2.75, 3.05) is 0 Å². The van der Waals surface area contributed by atoms with Gasteiger partial charge in [-0.05, 0) is 26.2 Å². The number of hydrogen-bond donors (Lipinski definition) is 1. The smallest absolute Gasteiger partial charge is 0.404 e. The largest absolute Gasteiger partial charge is 0.456 e. The molecule has 2 heterocycles. The zero-order valence-corrected chi connectivity index (χ0v) is 13.3. The Bertz CT molecular complexity index is 580. The molecule has 2 bridgehead atoms. The minimum atomic E-state index is -4.80. The van der Waals surface area contributed by atoms with Gasteiger partial charge in [-0.25, -0.2) is 9.32 Å². The third kappa shape index (κ3) is 3.47. The van der Waals surface area contributed by atoms with E-state index >= 15 is 0 Å². The molecule has 2 aliphatic heterocycles. The van der Waals surface area contributed by atoms with Crippen LogP contribution in [-0.4, -0.2) is 45.0 Å². The molecule has 2 fully saturated rings. The van der Waals surface area contributed by atoms with Crippen LogP contribution < -0.4 is 5.14 Å². The first kappa shape index (κ1) is 18.4. The number of ether oxygens (including phenoxy) is 2. The molecule has 2 saturated heterocycles. The van der Waals surface area contributed by atoms with Crippen molar-refractivity contribution in [2.45, 2.75) is 63.7 Å². The maximum atomic E-state index is 13.1. The maximum absolute atomic E-state index is 13.1. The third-order valence-corrected chi connectivity index (χ3v) is 4.90. The van der Waals surface area contributed by atoms with Crippen molar-refractivity contribution in [1.82, 2.24) is 0 Å². The van der Waals surface area contributed by atoms with Crippen molar-refractivity contribution in [2.24, 2.45) is 10.6 Å². The lowest BCUT2D eigenvalue weighted by Crippen LogP contribution is -2.49. The third-order valence-electron chi connectivity index (χ3n) is 4.41. The lowest BCUT2D eigenvalue weighted by Gasteiger charge is -2.33. The molecule has 134 valence electrons. The number of fused-ring (bicyclic) bond motifs is 2. The second-order valence-electron chi connectivity index (χ2n) is 5.90. The molecule has 5 atom stereocenters. The predicted octanol–water partition coefficient (Wildman–Crippen LogP) is 1.03. The molecular formula is C12H18F3NO6S. The summed E-state index contributed by atoms with van der Waals surface area (Å²) < 4.78 is 76.5. The Balaban J connectivity index is 2.18. The van der Waals surface area contributed by atoms with Crippen molar-refractivity contribution in [3.8, 4) is 0 Å². The predicted molar refractivity (Wildman–Crippen MR) is 70.2 cm³/mol. The minimum absolute atomic E-state index is 0.432. The van der Waals surface area contributed by atoms with Gasteiger partial charge in [-0.1, -0.05) is 6.92 Å². The lowest BCUT2D eigenvalue weighted by atomic mass is 9.86. The van der Waals surface area contributed by atoms with Gasteiger partial charge >= 0.3 is 22.4 Å². The molecule has 11 heteroatoms. The first-order valence-corrected chi connectivity index (χ1v) is 8.50. The van der Waals surface area contributed by atoms with Crippen LogP contribution in [0.4, 0.5) is 13.2 Å². The van der Waals surface area contributed by atoms with Crippen LogP contribution in [0.15, 0.2) is 0 Å². The van der Waals surface area contributed by atoms with Gasteiger partial charge < -0.3 is 9.47 Å². The number of nitrogens with two attached hydrogens (primary N) is 1. The first-order chi connectivity index (χ1) is 10.4. The van der Waals surface area contributed by atoms with Crippen LogP contribution >= 0.6 is 0 Å². The number of alkyl halides is 3. The highest BCUT2D eigenvalue weighted by Crippen LogP contribution is 2.44. The minimum Gasteiger partial charge on any atom is -0.456 e. The SMILES string of the molecule is CCC(C)(C(=O)OC1C2CCC(O2)C1OS(N)(=O)=O)C(F)(F)F. The number of carbonyl (C=O) groups is 1. The lowest BCUT2D eigenvalue weighted by molar-refractivity contribution is -0.235. The van der Waals surface area contributed by atoms with Crippen molar-refractivity contribution in [3.05, 3.63) is 0 Å². The molecule has 0 radical (unpaired) electrons. The van der Waals surface area contributed by atoms with Crippen molar-refractivity contribution in [3.63, 3.8) is 0 Å². The first-order valence-electron chi connectivity index (χ1n) is 7.03. The van der Waals surface area contributed by atoms with E-state index in [1.54, 1.807) is 0 Å². The quantitative estimate of drug-likeness (QED) is 0.733. The second kappa shape index (κ2) is 5.87. The second-order valence-corrected chi connectivity index (χ2v) is 7.08. The van der Waals surface area contributed by atoms with Gasteiger partial charge in [0.2, 0.25) is 0 Å². The Hall–Kier alpha value is -0.910. The van der Waals surface area contributed by atoms with Crippen LogP contribution in [0.2, 0.25) is 0 Å². The van der Waals surface area contributed by atoms with Gasteiger partial charge in [-0.2, -0.15) is 21.6 Å². The summed E-state index contributed by atoms with van der Waals surface area (Å²) in [6, 6.07) is 0. The van der Waals surface area contributed by atoms with Crippen LogP contribution in [0.1, 0.15) is 33.1 Å². The van der Waals surface area contributed by atoms with E-state index in [0.717, 1.165) is 6.92 Å². The van der Waals surface area contributed by atoms with E-state index in [0.29, 0.717) is 12.8 Å². The Kier molecular flexibility index (Phi) is 4.70. The normalized spacial score (nSPS) is 33.5. The van der Waals surface area contributed by atoms with Gasteiger partial charge in [0.05, 0.1) is 12.2 Å². The van der Waals surface area contributed by atoms with E-state index in [2.05, 4.69) is 4.18 Å². The zero-order chi connectivity index (χ0) is 17.6. The van der Waals surface area contributed by atoms with E-state index in [1.165, 1.54) is 6.92 Å². The summed E-state index contributed by atoms with van der Waals surface area (Å²) in [6.07, 6.45) is -8.30. The summed E-state index contributed by atoms with van der Waals surface area (Å²) in [5, 5.41) is 4.80. The number of rotatable bonds is 5. The van der Waals surface area contributed by atoms with Gasteiger partial charge in [0, 0.05) is 0 Å². The number of carbonyl (C=O) groups excluding carboxylic acids is 1.